The molecule has 7 heteroatoms. The van der Waals surface area contributed by atoms with Gasteiger partial charge in [-0.1, -0.05) is 72.3 Å². The summed E-state index contributed by atoms with van der Waals surface area (Å²) in [6.45, 7) is 1.30. The van der Waals surface area contributed by atoms with Crippen LogP contribution in [0.4, 0.5) is 0 Å². The molecular weight excluding hydrogens is 450 g/mol. The Hall–Kier alpha value is -3.61. The number of aromatic nitrogens is 2. The molecule has 3 aromatic carbocycles. The van der Waals surface area contributed by atoms with Crippen molar-refractivity contribution in [2.45, 2.75) is 12.6 Å². The molecule has 172 valence electrons. The number of amides is 1. The van der Waals surface area contributed by atoms with Crippen LogP contribution in [0.15, 0.2) is 78.9 Å². The number of H-pyrrole nitrogens is 1. The number of methoxy groups -OCH3 is 1. The maximum absolute atomic E-state index is 13.3. The summed E-state index contributed by atoms with van der Waals surface area (Å²) in [5.74, 6) is 0.651. The topological polar surface area (TPSA) is 67.5 Å². The van der Waals surface area contributed by atoms with Crippen LogP contribution in [0.2, 0.25) is 5.02 Å². The number of aromatic amines is 1. The highest BCUT2D eigenvalue weighted by Crippen LogP contribution is 2.42. The van der Waals surface area contributed by atoms with Gasteiger partial charge in [-0.3, -0.25) is 9.89 Å². The summed E-state index contributed by atoms with van der Waals surface area (Å²) in [5, 5.41) is 8.15. The lowest BCUT2D eigenvalue weighted by Gasteiger charge is -2.26. The molecule has 2 heterocycles. The first-order chi connectivity index (χ1) is 16.7. The van der Waals surface area contributed by atoms with Crippen LogP contribution in [-0.2, 0) is 11.3 Å². The van der Waals surface area contributed by atoms with E-state index in [-0.39, 0.29) is 11.9 Å². The van der Waals surface area contributed by atoms with E-state index in [1.165, 1.54) is 0 Å². The van der Waals surface area contributed by atoms with Crippen molar-refractivity contribution in [2.24, 2.45) is 0 Å². The van der Waals surface area contributed by atoms with E-state index >= 15 is 0 Å². The van der Waals surface area contributed by atoms with E-state index in [9.17, 15) is 4.79 Å². The zero-order chi connectivity index (χ0) is 23.5. The second kappa shape index (κ2) is 9.71. The largest absolute Gasteiger partial charge is 0.489 e. The zero-order valence-corrected chi connectivity index (χ0v) is 19.5. The van der Waals surface area contributed by atoms with Crippen LogP contribution in [0.3, 0.4) is 0 Å². The Morgan fingerprint density at radius 3 is 2.47 bits per heavy atom. The molecular formula is C27H24ClN3O3. The van der Waals surface area contributed by atoms with Gasteiger partial charge in [0.25, 0.3) is 5.91 Å². The zero-order valence-electron chi connectivity index (χ0n) is 18.7. The van der Waals surface area contributed by atoms with Crippen molar-refractivity contribution in [2.75, 3.05) is 20.3 Å². The summed E-state index contributed by atoms with van der Waals surface area (Å²) >= 11 is 6.24. The number of benzene rings is 3. The first-order valence-electron chi connectivity index (χ1n) is 11.1. The molecule has 6 nitrogen and oxygen atoms in total. The summed E-state index contributed by atoms with van der Waals surface area (Å²) in [4.78, 5) is 15.1. The number of fused-ring (bicyclic) bond motifs is 1. The normalized spacial score (nSPS) is 14.9. The molecule has 34 heavy (non-hydrogen) atoms. The molecule has 4 aromatic rings. The number of nitrogens with zero attached hydrogens (tertiary/aromatic N) is 2. The molecule has 0 bridgehead atoms. The molecule has 1 N–H and O–H groups in total. The van der Waals surface area contributed by atoms with Gasteiger partial charge in [-0.2, -0.15) is 5.10 Å². The van der Waals surface area contributed by atoms with Crippen LogP contribution in [0.5, 0.6) is 5.75 Å². The number of ether oxygens (including phenoxy) is 2. The monoisotopic (exact) mass is 473 g/mol. The first-order valence-corrected chi connectivity index (χ1v) is 11.4. The smallest absolute Gasteiger partial charge is 0.273 e. The van der Waals surface area contributed by atoms with Crippen LogP contribution in [0.25, 0.3) is 11.3 Å². The van der Waals surface area contributed by atoms with Gasteiger partial charge < -0.3 is 14.4 Å². The third-order valence-electron chi connectivity index (χ3n) is 6.00. The summed E-state index contributed by atoms with van der Waals surface area (Å²) in [7, 11) is 1.64. The molecule has 0 spiro atoms. The van der Waals surface area contributed by atoms with Crippen LogP contribution < -0.4 is 4.74 Å². The van der Waals surface area contributed by atoms with E-state index in [4.69, 9.17) is 21.1 Å². The van der Waals surface area contributed by atoms with Crippen molar-refractivity contribution in [3.8, 4) is 17.0 Å². The van der Waals surface area contributed by atoms with E-state index < -0.39 is 0 Å². The van der Waals surface area contributed by atoms with E-state index in [1.807, 2.05) is 83.8 Å². The second-order valence-corrected chi connectivity index (χ2v) is 8.48. The van der Waals surface area contributed by atoms with Gasteiger partial charge in [0.05, 0.1) is 18.3 Å². The molecule has 1 atom stereocenters. The Bertz CT molecular complexity index is 1290. The number of nitrogens with one attached hydrogen (secondary N) is 1. The maximum atomic E-state index is 13.3. The highest BCUT2D eigenvalue weighted by atomic mass is 35.5. The number of carbonyl (C=O) groups is 1. The molecule has 0 aliphatic carbocycles. The first kappa shape index (κ1) is 22.2. The van der Waals surface area contributed by atoms with E-state index in [2.05, 4.69) is 10.2 Å². The van der Waals surface area contributed by atoms with Gasteiger partial charge in [-0.25, -0.2) is 0 Å². The number of halogens is 1. The molecule has 0 fully saturated rings. The van der Waals surface area contributed by atoms with Crippen LogP contribution in [0, 0.1) is 0 Å². The van der Waals surface area contributed by atoms with Crippen molar-refractivity contribution in [1.82, 2.24) is 15.1 Å². The quantitative estimate of drug-likeness (QED) is 0.367. The summed E-state index contributed by atoms with van der Waals surface area (Å²) in [6, 6.07) is 25.1. The van der Waals surface area contributed by atoms with Gasteiger partial charge >= 0.3 is 0 Å². The van der Waals surface area contributed by atoms with Crippen molar-refractivity contribution in [3.05, 3.63) is 106 Å². The van der Waals surface area contributed by atoms with Gasteiger partial charge in [0.2, 0.25) is 0 Å². The summed E-state index contributed by atoms with van der Waals surface area (Å²) in [5.41, 5.74) is 5.07. The van der Waals surface area contributed by atoms with Gasteiger partial charge in [0.1, 0.15) is 18.1 Å². The van der Waals surface area contributed by atoms with Crippen LogP contribution in [-0.4, -0.2) is 41.3 Å². The maximum Gasteiger partial charge on any atom is 0.273 e. The molecule has 1 aliphatic rings. The van der Waals surface area contributed by atoms with Gasteiger partial charge in [-0.15, -0.1) is 0 Å². The standard InChI is InChI=1S/C27H24ClN3O3/c1-33-16-15-31-26(23-24(18-7-3-2-4-8-18)29-30-25(23)27(31)32)19-11-13-21(14-12-19)34-17-20-9-5-6-10-22(20)28/h2-14,26H,15-17H2,1H3,(H,29,30). The van der Waals surface area contributed by atoms with Crippen LogP contribution in [0.1, 0.15) is 33.2 Å². The molecule has 1 unspecified atom stereocenters. The molecule has 0 radical (unpaired) electrons. The predicted octanol–water partition coefficient (Wildman–Crippen LogP) is 5.50. The second-order valence-electron chi connectivity index (χ2n) is 8.07. The Kier molecular flexibility index (Phi) is 6.34. The fraction of sp³-hybridized carbons (Fsp3) is 0.185. The molecule has 5 rings (SSSR count). The van der Waals surface area contributed by atoms with Gasteiger partial charge in [-0.05, 0) is 23.8 Å². The fourth-order valence-corrected chi connectivity index (χ4v) is 4.49. The molecule has 0 saturated heterocycles. The Morgan fingerprint density at radius 1 is 1.00 bits per heavy atom. The van der Waals surface area contributed by atoms with Crippen molar-refractivity contribution < 1.29 is 14.3 Å². The minimum absolute atomic E-state index is 0.0780. The van der Waals surface area contributed by atoms with Crippen molar-refractivity contribution in [1.29, 1.82) is 0 Å². The molecule has 1 aliphatic heterocycles. The number of carbonyl (C=O) groups excluding carboxylic acids is 1. The molecule has 1 aromatic heterocycles. The minimum Gasteiger partial charge on any atom is -0.489 e. The highest BCUT2D eigenvalue weighted by molar-refractivity contribution is 6.31. The lowest BCUT2D eigenvalue weighted by Crippen LogP contribution is -2.32. The van der Waals surface area contributed by atoms with Gasteiger partial charge in [0.15, 0.2) is 0 Å². The third-order valence-corrected chi connectivity index (χ3v) is 6.36. The summed E-state index contributed by atoms with van der Waals surface area (Å²) < 4.78 is 11.2. The number of hydrogen-bond acceptors (Lipinski definition) is 4. The summed E-state index contributed by atoms with van der Waals surface area (Å²) in [6.07, 6.45) is 0. The number of rotatable bonds is 8. The Morgan fingerprint density at radius 2 is 1.74 bits per heavy atom. The predicted molar refractivity (Wildman–Crippen MR) is 131 cm³/mol. The van der Waals surface area contributed by atoms with Crippen molar-refractivity contribution in [3.63, 3.8) is 0 Å². The lowest BCUT2D eigenvalue weighted by molar-refractivity contribution is 0.0677. The lowest BCUT2D eigenvalue weighted by atomic mass is 9.96. The Labute approximate surface area is 203 Å². The molecule has 0 saturated carbocycles. The van der Waals surface area contributed by atoms with E-state index in [0.29, 0.717) is 30.5 Å². The van der Waals surface area contributed by atoms with E-state index in [0.717, 1.165) is 33.7 Å². The Balaban J connectivity index is 1.46. The van der Waals surface area contributed by atoms with Crippen molar-refractivity contribution >= 4 is 17.5 Å². The third kappa shape index (κ3) is 4.18. The average molecular weight is 474 g/mol. The van der Waals surface area contributed by atoms with Crippen LogP contribution >= 0.6 is 11.6 Å². The van der Waals surface area contributed by atoms with E-state index in [1.54, 1.807) is 7.11 Å². The number of hydrogen-bond donors (Lipinski definition) is 1. The fourth-order valence-electron chi connectivity index (χ4n) is 4.30. The SMILES string of the molecule is COCCN1C(=O)c2[nH]nc(-c3ccccc3)c2C1c1ccc(OCc2ccccc2Cl)cc1. The molecule has 1 amide bonds. The average Bonchev–Trinajstić information content (AvgIpc) is 3.42. The minimum atomic E-state index is -0.274. The van der Waals surface area contributed by atoms with Gasteiger partial charge in [0, 0.05) is 35.4 Å². The highest BCUT2D eigenvalue weighted by Gasteiger charge is 2.41.